The van der Waals surface area contributed by atoms with Gasteiger partial charge in [0.2, 0.25) is 5.91 Å². The highest BCUT2D eigenvalue weighted by Crippen LogP contribution is 2.32. The van der Waals surface area contributed by atoms with E-state index in [2.05, 4.69) is 5.32 Å². The molecular formula is C21H17N2O4S2-. The van der Waals surface area contributed by atoms with Crippen molar-refractivity contribution in [2.45, 2.75) is 13.3 Å². The number of carbonyl (C=O) groups is 3. The summed E-state index contributed by atoms with van der Waals surface area (Å²) in [4.78, 5) is 37.6. The van der Waals surface area contributed by atoms with Crippen LogP contribution in [-0.2, 0) is 9.59 Å². The molecule has 1 aliphatic rings. The third kappa shape index (κ3) is 5.30. The van der Waals surface area contributed by atoms with Crippen molar-refractivity contribution < 1.29 is 19.5 Å². The molecule has 1 heterocycles. The lowest BCUT2D eigenvalue weighted by molar-refractivity contribution is -0.255. The molecule has 0 aromatic heterocycles. The molecule has 1 saturated heterocycles. The number of carboxylic acids is 1. The van der Waals surface area contributed by atoms with Crippen molar-refractivity contribution in [2.24, 2.45) is 0 Å². The molecule has 1 aliphatic heterocycles. The number of hydrogen-bond acceptors (Lipinski definition) is 6. The van der Waals surface area contributed by atoms with Crippen LogP contribution in [0.4, 0.5) is 5.69 Å². The maximum absolute atomic E-state index is 12.6. The highest BCUT2D eigenvalue weighted by Gasteiger charge is 2.32. The number of anilines is 1. The number of thioether (sulfide) groups is 1. The molecule has 8 heteroatoms. The minimum absolute atomic E-state index is 0.0269. The normalized spacial score (nSPS) is 15.1. The first-order valence-electron chi connectivity index (χ1n) is 8.77. The predicted molar refractivity (Wildman–Crippen MR) is 115 cm³/mol. The molecule has 2 aromatic rings. The van der Waals surface area contributed by atoms with Crippen molar-refractivity contribution in [3.05, 3.63) is 70.1 Å². The number of hydrogen-bond donors (Lipinski definition) is 1. The van der Waals surface area contributed by atoms with Gasteiger partial charge in [0, 0.05) is 18.7 Å². The molecule has 0 atom stereocenters. The van der Waals surface area contributed by atoms with Crippen molar-refractivity contribution in [3.8, 4) is 0 Å². The SMILES string of the molecule is Cc1ccc(/C=C2\SC(=S)N(CCC(=O)Nc3cccc(C(=O)[O-])c3)C2=O)cc1. The van der Waals surface area contributed by atoms with E-state index in [-0.39, 0.29) is 30.3 Å². The second-order valence-electron chi connectivity index (χ2n) is 6.41. The second-order valence-corrected chi connectivity index (χ2v) is 8.09. The van der Waals surface area contributed by atoms with Crippen molar-refractivity contribution >= 4 is 57.8 Å². The molecule has 29 heavy (non-hydrogen) atoms. The molecule has 0 radical (unpaired) electrons. The number of benzene rings is 2. The Labute approximate surface area is 177 Å². The van der Waals surface area contributed by atoms with Crippen LogP contribution in [0.2, 0.25) is 0 Å². The molecule has 1 N–H and O–H groups in total. The summed E-state index contributed by atoms with van der Waals surface area (Å²) in [6.07, 6.45) is 1.81. The van der Waals surface area contributed by atoms with E-state index in [4.69, 9.17) is 12.2 Å². The first kappa shape index (κ1) is 20.8. The van der Waals surface area contributed by atoms with Gasteiger partial charge in [0.1, 0.15) is 4.32 Å². The van der Waals surface area contributed by atoms with Gasteiger partial charge in [0.05, 0.1) is 10.9 Å². The standard InChI is InChI=1S/C21H18N2O4S2/c1-13-5-7-14(8-6-13)11-17-19(25)23(21(28)29-17)10-9-18(24)22-16-4-2-3-15(12-16)20(26)27/h2-8,11-12H,9-10H2,1H3,(H,22,24)(H,26,27)/p-1/b17-11-. The number of amides is 2. The quantitative estimate of drug-likeness (QED) is 0.565. The van der Waals surface area contributed by atoms with Crippen LogP contribution in [-0.4, -0.2) is 33.5 Å². The third-order valence-corrected chi connectivity index (χ3v) is 5.57. The van der Waals surface area contributed by atoms with Gasteiger partial charge < -0.3 is 15.2 Å². The molecule has 0 aliphatic carbocycles. The summed E-state index contributed by atoms with van der Waals surface area (Å²) in [5.74, 6) is -1.90. The fourth-order valence-electron chi connectivity index (χ4n) is 2.67. The summed E-state index contributed by atoms with van der Waals surface area (Å²) in [5.41, 5.74) is 2.36. The van der Waals surface area contributed by atoms with Crippen molar-refractivity contribution in [1.82, 2.24) is 4.90 Å². The highest BCUT2D eigenvalue weighted by molar-refractivity contribution is 8.26. The Morgan fingerprint density at radius 3 is 2.62 bits per heavy atom. The first-order valence-corrected chi connectivity index (χ1v) is 9.99. The van der Waals surface area contributed by atoms with E-state index in [0.29, 0.717) is 14.9 Å². The zero-order valence-corrected chi connectivity index (χ0v) is 17.1. The zero-order valence-electron chi connectivity index (χ0n) is 15.5. The summed E-state index contributed by atoms with van der Waals surface area (Å²) in [6.45, 7) is 2.13. The lowest BCUT2D eigenvalue weighted by atomic mass is 10.1. The van der Waals surface area contributed by atoms with Crippen LogP contribution >= 0.6 is 24.0 Å². The largest absolute Gasteiger partial charge is 0.545 e. The zero-order chi connectivity index (χ0) is 21.0. The van der Waals surface area contributed by atoms with Crippen molar-refractivity contribution in [3.63, 3.8) is 0 Å². The molecule has 3 rings (SSSR count). The van der Waals surface area contributed by atoms with E-state index in [1.165, 1.54) is 34.9 Å². The average Bonchev–Trinajstić information content (AvgIpc) is 2.95. The molecule has 2 aromatic carbocycles. The van der Waals surface area contributed by atoms with E-state index >= 15 is 0 Å². The van der Waals surface area contributed by atoms with Gasteiger partial charge in [-0.1, -0.05) is 65.9 Å². The molecule has 0 unspecified atom stereocenters. The second kappa shape index (κ2) is 9.02. The summed E-state index contributed by atoms with van der Waals surface area (Å²) >= 11 is 6.49. The van der Waals surface area contributed by atoms with Crippen LogP contribution in [0.15, 0.2) is 53.4 Å². The van der Waals surface area contributed by atoms with Gasteiger partial charge in [-0.3, -0.25) is 14.5 Å². The van der Waals surface area contributed by atoms with Gasteiger partial charge in [0.25, 0.3) is 5.91 Å². The Balaban J connectivity index is 1.60. The number of thiocarbonyl (C=S) groups is 1. The topological polar surface area (TPSA) is 89.5 Å². The van der Waals surface area contributed by atoms with Gasteiger partial charge in [-0.05, 0) is 36.3 Å². The number of nitrogens with zero attached hydrogens (tertiary/aromatic N) is 1. The predicted octanol–water partition coefficient (Wildman–Crippen LogP) is 2.59. The van der Waals surface area contributed by atoms with Crippen molar-refractivity contribution in [1.29, 1.82) is 0 Å². The summed E-state index contributed by atoms with van der Waals surface area (Å²) in [7, 11) is 0. The Kier molecular flexibility index (Phi) is 6.46. The number of aromatic carboxylic acids is 1. The van der Waals surface area contributed by atoms with Gasteiger partial charge in [-0.2, -0.15) is 0 Å². The van der Waals surface area contributed by atoms with Gasteiger partial charge in [-0.25, -0.2) is 0 Å². The number of nitrogens with one attached hydrogen (secondary N) is 1. The molecular weight excluding hydrogens is 408 g/mol. The minimum Gasteiger partial charge on any atom is -0.545 e. The lowest BCUT2D eigenvalue weighted by Gasteiger charge is -2.14. The van der Waals surface area contributed by atoms with Gasteiger partial charge >= 0.3 is 0 Å². The van der Waals surface area contributed by atoms with Crippen LogP contribution in [0.1, 0.15) is 27.9 Å². The monoisotopic (exact) mass is 425 g/mol. The molecule has 0 bridgehead atoms. The van der Waals surface area contributed by atoms with Crippen molar-refractivity contribution in [2.75, 3.05) is 11.9 Å². The Morgan fingerprint density at radius 1 is 1.21 bits per heavy atom. The molecule has 2 amide bonds. The molecule has 1 fully saturated rings. The number of carbonyl (C=O) groups excluding carboxylic acids is 3. The maximum Gasteiger partial charge on any atom is 0.266 e. The van der Waals surface area contributed by atoms with E-state index in [1.807, 2.05) is 31.2 Å². The Morgan fingerprint density at radius 2 is 1.93 bits per heavy atom. The van der Waals surface area contributed by atoms with Crippen LogP contribution in [0.3, 0.4) is 0 Å². The summed E-state index contributed by atoms with van der Waals surface area (Å²) in [6, 6.07) is 13.6. The Bertz CT molecular complexity index is 1020. The summed E-state index contributed by atoms with van der Waals surface area (Å²) in [5, 5.41) is 13.5. The molecule has 0 spiro atoms. The number of aryl methyl sites for hydroxylation is 1. The minimum atomic E-state index is -1.32. The number of carboxylic acid groups (broad SMARTS) is 1. The Hall–Kier alpha value is -2.97. The van der Waals surface area contributed by atoms with E-state index in [0.717, 1.165) is 11.1 Å². The van der Waals surface area contributed by atoms with E-state index in [9.17, 15) is 19.5 Å². The van der Waals surface area contributed by atoms with Crippen LogP contribution in [0.25, 0.3) is 6.08 Å². The smallest absolute Gasteiger partial charge is 0.266 e. The van der Waals surface area contributed by atoms with Gasteiger partial charge in [0.15, 0.2) is 0 Å². The molecule has 148 valence electrons. The van der Waals surface area contributed by atoms with Crippen LogP contribution in [0, 0.1) is 6.92 Å². The van der Waals surface area contributed by atoms with E-state index < -0.39 is 5.97 Å². The molecule has 6 nitrogen and oxygen atoms in total. The van der Waals surface area contributed by atoms with E-state index in [1.54, 1.807) is 12.1 Å². The maximum atomic E-state index is 12.6. The number of rotatable bonds is 6. The highest BCUT2D eigenvalue weighted by atomic mass is 32.2. The molecule has 0 saturated carbocycles. The van der Waals surface area contributed by atoms with Crippen LogP contribution in [0.5, 0.6) is 0 Å². The fourth-order valence-corrected chi connectivity index (χ4v) is 3.98. The fraction of sp³-hybridized carbons (Fsp3) is 0.143. The van der Waals surface area contributed by atoms with Crippen LogP contribution < -0.4 is 10.4 Å². The van der Waals surface area contributed by atoms with Gasteiger partial charge in [-0.15, -0.1) is 0 Å². The lowest BCUT2D eigenvalue weighted by Crippen LogP contribution is -2.31. The first-order chi connectivity index (χ1) is 13.8. The average molecular weight is 426 g/mol. The summed E-state index contributed by atoms with van der Waals surface area (Å²) < 4.78 is 0.403. The third-order valence-electron chi connectivity index (χ3n) is 4.19.